The molecule has 0 unspecified atom stereocenters. The maximum absolute atomic E-state index is 12.8. The van der Waals surface area contributed by atoms with E-state index in [9.17, 15) is 14.4 Å². The van der Waals surface area contributed by atoms with E-state index in [4.69, 9.17) is 9.47 Å². The van der Waals surface area contributed by atoms with Gasteiger partial charge in [-0.15, -0.1) is 0 Å². The van der Waals surface area contributed by atoms with Gasteiger partial charge in [0, 0.05) is 44.7 Å². The summed E-state index contributed by atoms with van der Waals surface area (Å²) in [5.41, 5.74) is 2.16. The molecule has 2 aromatic carbocycles. The van der Waals surface area contributed by atoms with E-state index in [1.165, 1.54) is 0 Å². The SMILES string of the molecule is CCc1cccc(OCC(=O)c2ccc3c(c2)N(CCCC(=O)N2CCN(CC)CC2)C(=O)CO3)c1. The van der Waals surface area contributed by atoms with Crippen LogP contribution >= 0.6 is 0 Å². The predicted octanol–water partition coefficient (Wildman–Crippen LogP) is 3.18. The van der Waals surface area contributed by atoms with Gasteiger partial charge in [0.1, 0.15) is 11.5 Å². The summed E-state index contributed by atoms with van der Waals surface area (Å²) >= 11 is 0. The molecule has 0 radical (unpaired) electrons. The summed E-state index contributed by atoms with van der Waals surface area (Å²) in [7, 11) is 0. The zero-order valence-corrected chi connectivity index (χ0v) is 21.2. The number of amides is 2. The largest absolute Gasteiger partial charge is 0.485 e. The molecule has 1 saturated heterocycles. The fourth-order valence-electron chi connectivity index (χ4n) is 4.57. The Morgan fingerprint density at radius 1 is 1.03 bits per heavy atom. The van der Waals surface area contributed by atoms with E-state index in [-0.39, 0.29) is 30.8 Å². The summed E-state index contributed by atoms with van der Waals surface area (Å²) in [6.45, 7) is 8.76. The molecule has 0 N–H and O–H groups in total. The molecule has 0 spiro atoms. The van der Waals surface area contributed by atoms with Crippen molar-refractivity contribution in [1.82, 2.24) is 9.80 Å². The third-order valence-corrected chi connectivity index (χ3v) is 6.85. The van der Waals surface area contributed by atoms with Crippen LogP contribution in [-0.4, -0.2) is 79.9 Å². The molecule has 0 bridgehead atoms. The molecule has 0 aromatic heterocycles. The monoisotopic (exact) mass is 493 g/mol. The van der Waals surface area contributed by atoms with Crippen molar-refractivity contribution >= 4 is 23.3 Å². The topological polar surface area (TPSA) is 79.4 Å². The summed E-state index contributed by atoms with van der Waals surface area (Å²) in [6, 6.07) is 12.8. The van der Waals surface area contributed by atoms with Crippen molar-refractivity contribution in [1.29, 1.82) is 0 Å². The van der Waals surface area contributed by atoms with Crippen LogP contribution in [0.25, 0.3) is 0 Å². The van der Waals surface area contributed by atoms with Crippen molar-refractivity contribution in [2.75, 3.05) is 57.4 Å². The zero-order valence-electron chi connectivity index (χ0n) is 21.2. The third-order valence-electron chi connectivity index (χ3n) is 6.85. The fourth-order valence-corrected chi connectivity index (χ4v) is 4.57. The van der Waals surface area contributed by atoms with Crippen molar-refractivity contribution < 1.29 is 23.9 Å². The van der Waals surface area contributed by atoms with Crippen LogP contribution in [0.15, 0.2) is 42.5 Å². The molecule has 192 valence electrons. The molecule has 4 rings (SSSR count). The van der Waals surface area contributed by atoms with Gasteiger partial charge in [0.05, 0.1) is 5.69 Å². The maximum atomic E-state index is 12.8. The first-order valence-electron chi connectivity index (χ1n) is 12.8. The van der Waals surface area contributed by atoms with E-state index in [2.05, 4.69) is 18.7 Å². The summed E-state index contributed by atoms with van der Waals surface area (Å²) in [5.74, 6) is 0.981. The highest BCUT2D eigenvalue weighted by Crippen LogP contribution is 2.33. The number of hydrogen-bond acceptors (Lipinski definition) is 6. The fraction of sp³-hybridized carbons (Fsp3) is 0.464. The first-order valence-corrected chi connectivity index (χ1v) is 12.8. The van der Waals surface area contributed by atoms with Crippen molar-refractivity contribution in [3.8, 4) is 11.5 Å². The summed E-state index contributed by atoms with van der Waals surface area (Å²) in [6.07, 6.45) is 1.82. The quantitative estimate of drug-likeness (QED) is 0.473. The van der Waals surface area contributed by atoms with Crippen LogP contribution in [0, 0.1) is 0 Å². The van der Waals surface area contributed by atoms with Gasteiger partial charge in [-0.2, -0.15) is 0 Å². The van der Waals surface area contributed by atoms with E-state index in [0.29, 0.717) is 42.1 Å². The lowest BCUT2D eigenvalue weighted by atomic mass is 10.1. The molecule has 0 atom stereocenters. The lowest BCUT2D eigenvalue weighted by molar-refractivity contribution is -0.133. The number of ketones is 1. The van der Waals surface area contributed by atoms with E-state index >= 15 is 0 Å². The molecule has 2 aromatic rings. The number of ether oxygens (including phenoxy) is 2. The number of fused-ring (bicyclic) bond motifs is 1. The minimum absolute atomic E-state index is 0.0515. The van der Waals surface area contributed by atoms with Crippen LogP contribution in [0.5, 0.6) is 11.5 Å². The van der Waals surface area contributed by atoms with E-state index < -0.39 is 0 Å². The highest BCUT2D eigenvalue weighted by molar-refractivity contribution is 6.02. The molecule has 1 fully saturated rings. The lowest BCUT2D eigenvalue weighted by Crippen LogP contribution is -2.48. The molecule has 0 saturated carbocycles. The number of benzene rings is 2. The summed E-state index contributed by atoms with van der Waals surface area (Å²) < 4.78 is 11.3. The lowest BCUT2D eigenvalue weighted by Gasteiger charge is -2.34. The van der Waals surface area contributed by atoms with E-state index in [0.717, 1.165) is 44.7 Å². The molecule has 36 heavy (non-hydrogen) atoms. The second-order valence-electron chi connectivity index (χ2n) is 9.15. The Kier molecular flexibility index (Phi) is 8.59. The van der Waals surface area contributed by atoms with Gasteiger partial charge >= 0.3 is 0 Å². The van der Waals surface area contributed by atoms with Crippen molar-refractivity contribution in [3.05, 3.63) is 53.6 Å². The van der Waals surface area contributed by atoms with Crippen LogP contribution in [-0.2, 0) is 16.0 Å². The van der Waals surface area contributed by atoms with E-state index in [1.54, 1.807) is 23.1 Å². The second kappa shape index (κ2) is 12.0. The Bertz CT molecular complexity index is 1090. The molecule has 8 heteroatoms. The van der Waals surface area contributed by atoms with Gasteiger partial charge in [-0.25, -0.2) is 0 Å². The van der Waals surface area contributed by atoms with Gasteiger partial charge in [-0.3, -0.25) is 14.4 Å². The number of anilines is 1. The predicted molar refractivity (Wildman–Crippen MR) is 138 cm³/mol. The molecule has 0 aliphatic carbocycles. The normalized spacial score (nSPS) is 15.9. The summed E-state index contributed by atoms with van der Waals surface area (Å²) in [4.78, 5) is 44.0. The second-order valence-corrected chi connectivity index (χ2v) is 9.15. The smallest absolute Gasteiger partial charge is 0.265 e. The zero-order chi connectivity index (χ0) is 25.5. The molecular weight excluding hydrogens is 458 g/mol. The molecule has 2 aliphatic rings. The summed E-state index contributed by atoms with van der Waals surface area (Å²) in [5, 5.41) is 0. The van der Waals surface area contributed by atoms with Crippen molar-refractivity contribution in [3.63, 3.8) is 0 Å². The highest BCUT2D eigenvalue weighted by atomic mass is 16.5. The van der Waals surface area contributed by atoms with Gasteiger partial charge in [-0.05, 0) is 55.3 Å². The maximum Gasteiger partial charge on any atom is 0.265 e. The Morgan fingerprint density at radius 2 is 1.83 bits per heavy atom. The highest BCUT2D eigenvalue weighted by Gasteiger charge is 2.27. The number of carbonyl (C=O) groups excluding carboxylic acids is 3. The van der Waals surface area contributed by atoms with Gasteiger partial charge in [0.25, 0.3) is 5.91 Å². The van der Waals surface area contributed by atoms with Crippen LogP contribution in [0.1, 0.15) is 42.6 Å². The number of carbonyl (C=O) groups is 3. The number of nitrogens with zero attached hydrogens (tertiary/aromatic N) is 3. The molecule has 8 nitrogen and oxygen atoms in total. The standard InChI is InChI=1S/C28H35N3O5/c1-3-21-7-5-8-23(17-21)35-19-25(32)22-10-11-26-24(18-22)31(28(34)20-36-26)12-6-9-27(33)30-15-13-29(4-2)14-16-30/h5,7-8,10-11,17-18H,3-4,6,9,12-16,19-20H2,1-2H3. The molecule has 2 heterocycles. The Morgan fingerprint density at radius 3 is 2.58 bits per heavy atom. The Hall–Kier alpha value is -3.39. The van der Waals surface area contributed by atoms with Gasteiger partial charge in [0.15, 0.2) is 19.0 Å². The number of likely N-dealkylation sites (N-methyl/N-ethyl adjacent to an activating group) is 1. The Labute approximate surface area is 212 Å². The average molecular weight is 494 g/mol. The molecule has 2 aliphatic heterocycles. The third kappa shape index (κ3) is 6.23. The van der Waals surface area contributed by atoms with Crippen LogP contribution in [0.4, 0.5) is 5.69 Å². The van der Waals surface area contributed by atoms with Crippen LogP contribution in [0.3, 0.4) is 0 Å². The van der Waals surface area contributed by atoms with E-state index in [1.807, 2.05) is 29.2 Å². The van der Waals surface area contributed by atoms with Crippen molar-refractivity contribution in [2.45, 2.75) is 33.1 Å². The number of Topliss-reactive ketones (excluding diaryl/α,β-unsaturated/α-hetero) is 1. The molecular formula is C28H35N3O5. The van der Waals surface area contributed by atoms with Crippen LogP contribution < -0.4 is 14.4 Å². The van der Waals surface area contributed by atoms with Crippen LogP contribution in [0.2, 0.25) is 0 Å². The minimum Gasteiger partial charge on any atom is -0.485 e. The van der Waals surface area contributed by atoms with Gasteiger partial charge < -0.3 is 24.2 Å². The number of hydrogen-bond donors (Lipinski definition) is 0. The minimum atomic E-state index is -0.181. The molecule has 2 amide bonds. The Balaban J connectivity index is 1.35. The number of piperazine rings is 1. The van der Waals surface area contributed by atoms with Crippen molar-refractivity contribution in [2.24, 2.45) is 0 Å². The first kappa shape index (κ1) is 25.7. The number of aryl methyl sites for hydroxylation is 1. The first-order chi connectivity index (χ1) is 17.5. The van der Waals surface area contributed by atoms with Gasteiger partial charge in [-0.1, -0.05) is 26.0 Å². The number of rotatable bonds is 10. The van der Waals surface area contributed by atoms with Gasteiger partial charge in [0.2, 0.25) is 5.91 Å². The average Bonchev–Trinajstić information content (AvgIpc) is 2.92.